The molecule has 0 aromatic carbocycles. The Balaban J connectivity index is 2.86. The Morgan fingerprint density at radius 3 is 2.56 bits per heavy atom. The molecule has 0 saturated carbocycles. The van der Waals surface area contributed by atoms with E-state index in [1.54, 1.807) is 16.7 Å². The topological polar surface area (TPSA) is 93.9 Å². The van der Waals surface area contributed by atoms with Gasteiger partial charge in [-0.1, -0.05) is 0 Å². The van der Waals surface area contributed by atoms with Crippen LogP contribution in [0.4, 0.5) is 11.9 Å². The summed E-state index contributed by atoms with van der Waals surface area (Å²) in [5.74, 6) is 2.30. The zero-order chi connectivity index (χ0) is 12.1. The van der Waals surface area contributed by atoms with Gasteiger partial charge in [-0.2, -0.15) is 26.7 Å². The molecular weight excluding hydrogens is 224 g/mol. The monoisotopic (exact) mass is 242 g/mol. The van der Waals surface area contributed by atoms with Crippen LogP contribution in [0.15, 0.2) is 0 Å². The Kier molecular flexibility index (Phi) is 4.75. The van der Waals surface area contributed by atoms with Crippen molar-refractivity contribution in [2.75, 3.05) is 36.7 Å². The molecule has 4 N–H and O–H groups in total. The van der Waals surface area contributed by atoms with E-state index in [-0.39, 0.29) is 12.0 Å². The van der Waals surface area contributed by atoms with E-state index >= 15 is 0 Å². The van der Waals surface area contributed by atoms with Crippen molar-refractivity contribution in [3.63, 3.8) is 0 Å². The number of thioether (sulfide) groups is 1. The molecule has 90 valence electrons. The largest absolute Gasteiger partial charge is 0.368 e. The molecule has 0 spiro atoms. The molecule has 0 bridgehead atoms. The van der Waals surface area contributed by atoms with Crippen LogP contribution in [0.5, 0.6) is 0 Å². The number of nitrogen functional groups attached to an aromatic ring is 1. The van der Waals surface area contributed by atoms with Gasteiger partial charge in [-0.15, -0.1) is 0 Å². The molecule has 0 radical (unpaired) electrons. The number of nitrogens with zero attached hydrogens (tertiary/aromatic N) is 4. The predicted octanol–water partition coefficient (Wildman–Crippen LogP) is 0.273. The van der Waals surface area contributed by atoms with Crippen LogP contribution in [0.1, 0.15) is 18.3 Å². The van der Waals surface area contributed by atoms with Gasteiger partial charge in [-0.05, 0) is 18.4 Å². The second-order valence-electron chi connectivity index (χ2n) is 3.63. The van der Waals surface area contributed by atoms with Crippen molar-refractivity contribution < 1.29 is 0 Å². The highest BCUT2D eigenvalue weighted by Gasteiger charge is 2.12. The maximum absolute atomic E-state index is 5.98. The lowest BCUT2D eigenvalue weighted by atomic mass is 10.2. The standard InChI is InChI=1S/C9H18N6S/c1-15(2)9-13-7(12-8(11)14-9)6(10)4-5-16-3/h6H,4-5,10H2,1-3H3,(H2,11,12,13,14). The Hall–Kier alpha value is -1.08. The fourth-order valence-electron chi connectivity index (χ4n) is 1.14. The molecule has 1 rings (SSSR count). The fourth-order valence-corrected chi connectivity index (χ4v) is 1.63. The van der Waals surface area contributed by atoms with Crippen molar-refractivity contribution in [3.05, 3.63) is 5.82 Å². The van der Waals surface area contributed by atoms with Crippen LogP contribution in [-0.2, 0) is 0 Å². The van der Waals surface area contributed by atoms with E-state index in [0.717, 1.165) is 12.2 Å². The molecule has 6 nitrogen and oxygen atoms in total. The van der Waals surface area contributed by atoms with Crippen LogP contribution in [0.3, 0.4) is 0 Å². The van der Waals surface area contributed by atoms with Crippen LogP contribution >= 0.6 is 11.8 Å². The number of rotatable bonds is 5. The summed E-state index contributed by atoms with van der Waals surface area (Å²) in [6.07, 6.45) is 2.87. The molecule has 0 aliphatic heterocycles. The summed E-state index contributed by atoms with van der Waals surface area (Å²) in [6, 6.07) is -0.184. The van der Waals surface area contributed by atoms with Crippen molar-refractivity contribution in [1.29, 1.82) is 0 Å². The second kappa shape index (κ2) is 5.86. The van der Waals surface area contributed by atoms with Crippen LogP contribution < -0.4 is 16.4 Å². The van der Waals surface area contributed by atoms with Gasteiger partial charge in [0.15, 0.2) is 5.82 Å². The molecule has 0 aliphatic rings. The molecule has 7 heteroatoms. The molecule has 1 heterocycles. The van der Waals surface area contributed by atoms with Gasteiger partial charge in [0.25, 0.3) is 0 Å². The number of hydrogen-bond acceptors (Lipinski definition) is 7. The van der Waals surface area contributed by atoms with Crippen molar-refractivity contribution >= 4 is 23.7 Å². The first-order valence-electron chi connectivity index (χ1n) is 4.98. The minimum atomic E-state index is -0.184. The van der Waals surface area contributed by atoms with Crippen LogP contribution in [0.25, 0.3) is 0 Å². The van der Waals surface area contributed by atoms with Gasteiger partial charge in [0, 0.05) is 14.1 Å². The van der Waals surface area contributed by atoms with Gasteiger partial charge in [0.05, 0.1) is 6.04 Å². The number of hydrogen-bond donors (Lipinski definition) is 2. The molecule has 0 aliphatic carbocycles. The third kappa shape index (κ3) is 3.49. The zero-order valence-electron chi connectivity index (χ0n) is 9.84. The van der Waals surface area contributed by atoms with Crippen molar-refractivity contribution in [1.82, 2.24) is 15.0 Å². The van der Waals surface area contributed by atoms with E-state index in [4.69, 9.17) is 11.5 Å². The maximum atomic E-state index is 5.98. The van der Waals surface area contributed by atoms with Gasteiger partial charge < -0.3 is 16.4 Å². The fraction of sp³-hybridized carbons (Fsp3) is 0.667. The van der Waals surface area contributed by atoms with E-state index in [0.29, 0.717) is 11.8 Å². The minimum absolute atomic E-state index is 0.184. The Morgan fingerprint density at radius 1 is 1.31 bits per heavy atom. The zero-order valence-corrected chi connectivity index (χ0v) is 10.7. The first kappa shape index (κ1) is 13.0. The van der Waals surface area contributed by atoms with Gasteiger partial charge in [-0.25, -0.2) is 0 Å². The van der Waals surface area contributed by atoms with E-state index in [9.17, 15) is 0 Å². The molecule has 1 aromatic heterocycles. The van der Waals surface area contributed by atoms with E-state index < -0.39 is 0 Å². The summed E-state index contributed by atoms with van der Waals surface area (Å²) in [6.45, 7) is 0. The Bertz CT molecular complexity index is 343. The average Bonchev–Trinajstić information content (AvgIpc) is 2.24. The minimum Gasteiger partial charge on any atom is -0.368 e. The lowest BCUT2D eigenvalue weighted by molar-refractivity contribution is 0.649. The molecule has 16 heavy (non-hydrogen) atoms. The normalized spacial score (nSPS) is 12.5. The van der Waals surface area contributed by atoms with Gasteiger partial charge in [-0.3, -0.25) is 0 Å². The van der Waals surface area contributed by atoms with Crippen LogP contribution in [0, 0.1) is 0 Å². The van der Waals surface area contributed by atoms with Gasteiger partial charge in [0.2, 0.25) is 11.9 Å². The highest BCUT2D eigenvalue weighted by molar-refractivity contribution is 7.98. The first-order chi connectivity index (χ1) is 7.54. The lowest BCUT2D eigenvalue weighted by Gasteiger charge is -2.14. The summed E-state index contributed by atoms with van der Waals surface area (Å²) < 4.78 is 0. The van der Waals surface area contributed by atoms with Crippen molar-refractivity contribution in [2.24, 2.45) is 5.73 Å². The summed E-state index contributed by atoms with van der Waals surface area (Å²) >= 11 is 1.75. The Labute approximate surface area is 99.8 Å². The van der Waals surface area contributed by atoms with E-state index in [1.165, 1.54) is 0 Å². The van der Waals surface area contributed by atoms with E-state index in [2.05, 4.69) is 15.0 Å². The SMILES string of the molecule is CSCCC(N)c1nc(N)nc(N(C)C)n1. The van der Waals surface area contributed by atoms with Crippen molar-refractivity contribution in [2.45, 2.75) is 12.5 Å². The maximum Gasteiger partial charge on any atom is 0.229 e. The van der Waals surface area contributed by atoms with Crippen LogP contribution in [0.2, 0.25) is 0 Å². The lowest BCUT2D eigenvalue weighted by Crippen LogP contribution is -2.20. The summed E-state index contributed by atoms with van der Waals surface area (Å²) in [5.41, 5.74) is 11.6. The number of nitrogens with two attached hydrogens (primary N) is 2. The molecule has 1 unspecified atom stereocenters. The highest BCUT2D eigenvalue weighted by Crippen LogP contribution is 2.15. The number of aromatic nitrogens is 3. The second-order valence-corrected chi connectivity index (χ2v) is 4.62. The summed E-state index contributed by atoms with van der Waals surface area (Å²) in [7, 11) is 3.71. The smallest absolute Gasteiger partial charge is 0.229 e. The third-order valence-corrected chi connectivity index (χ3v) is 2.67. The molecule has 0 fully saturated rings. The quantitative estimate of drug-likeness (QED) is 0.765. The summed E-state index contributed by atoms with van der Waals surface area (Å²) in [5, 5.41) is 0. The van der Waals surface area contributed by atoms with Gasteiger partial charge >= 0.3 is 0 Å². The van der Waals surface area contributed by atoms with Crippen molar-refractivity contribution in [3.8, 4) is 0 Å². The summed E-state index contributed by atoms with van der Waals surface area (Å²) in [4.78, 5) is 14.1. The molecule has 1 atom stereocenters. The van der Waals surface area contributed by atoms with Crippen LogP contribution in [-0.4, -0.2) is 41.1 Å². The molecular formula is C9H18N6S. The predicted molar refractivity (Wildman–Crippen MR) is 68.5 cm³/mol. The Morgan fingerprint density at radius 2 is 2.00 bits per heavy atom. The van der Waals surface area contributed by atoms with E-state index in [1.807, 2.05) is 20.4 Å². The van der Waals surface area contributed by atoms with Gasteiger partial charge in [0.1, 0.15) is 0 Å². The molecule has 0 saturated heterocycles. The first-order valence-corrected chi connectivity index (χ1v) is 6.37. The molecule has 0 amide bonds. The number of anilines is 2. The molecule has 1 aromatic rings. The average molecular weight is 242 g/mol. The third-order valence-electron chi connectivity index (χ3n) is 2.02. The highest BCUT2D eigenvalue weighted by atomic mass is 32.2.